The van der Waals surface area contributed by atoms with E-state index in [1.807, 2.05) is 38.1 Å². The second-order valence-electron chi connectivity index (χ2n) is 6.61. The fraction of sp³-hybridized carbons (Fsp3) is 0.421. The third-order valence-corrected chi connectivity index (χ3v) is 4.30. The first-order valence-electron chi connectivity index (χ1n) is 7.91. The quantitative estimate of drug-likeness (QED) is 0.861. The van der Waals surface area contributed by atoms with E-state index in [2.05, 4.69) is 12.2 Å². The molecule has 1 amide bonds. The predicted molar refractivity (Wildman–Crippen MR) is 90.1 cm³/mol. The Labute approximate surface area is 137 Å². The molecular weight excluding hydrogens is 290 g/mol. The van der Waals surface area contributed by atoms with Crippen LogP contribution in [0.25, 0.3) is 0 Å². The van der Waals surface area contributed by atoms with Crippen molar-refractivity contribution in [2.45, 2.75) is 45.1 Å². The highest BCUT2D eigenvalue weighted by atomic mass is 16.4. The van der Waals surface area contributed by atoms with E-state index in [0.29, 0.717) is 5.76 Å². The number of rotatable bonds is 6. The Morgan fingerprint density at radius 1 is 1.17 bits per heavy atom. The van der Waals surface area contributed by atoms with Gasteiger partial charge in [0.25, 0.3) is 0 Å². The minimum absolute atomic E-state index is 0.0931. The number of aliphatic hydroxyl groups is 1. The third kappa shape index (κ3) is 3.82. The van der Waals surface area contributed by atoms with Crippen molar-refractivity contribution in [2.75, 3.05) is 6.54 Å². The number of nitrogens with one attached hydrogen (secondary N) is 1. The van der Waals surface area contributed by atoms with Gasteiger partial charge in [-0.3, -0.25) is 4.79 Å². The highest BCUT2D eigenvalue weighted by molar-refractivity contribution is 5.87. The fourth-order valence-corrected chi connectivity index (χ4v) is 2.43. The molecule has 0 aliphatic carbocycles. The van der Waals surface area contributed by atoms with Crippen LogP contribution >= 0.6 is 0 Å². The van der Waals surface area contributed by atoms with Crippen molar-refractivity contribution in [3.8, 4) is 0 Å². The molecule has 1 heterocycles. The lowest BCUT2D eigenvalue weighted by Crippen LogP contribution is -2.45. The first kappa shape index (κ1) is 17.3. The normalized spacial score (nSPS) is 14.3. The summed E-state index contributed by atoms with van der Waals surface area (Å²) in [5.41, 5.74) is 0.280. The van der Waals surface area contributed by atoms with Gasteiger partial charge in [0.15, 0.2) is 0 Å². The summed E-state index contributed by atoms with van der Waals surface area (Å²) in [5, 5.41) is 13.2. The zero-order chi connectivity index (χ0) is 17.1. The minimum atomic E-state index is -1.23. The van der Waals surface area contributed by atoms with Crippen molar-refractivity contribution < 1.29 is 14.3 Å². The van der Waals surface area contributed by atoms with Crippen LogP contribution in [-0.4, -0.2) is 17.6 Å². The number of hydrogen-bond donors (Lipinski definition) is 2. The van der Waals surface area contributed by atoms with Crippen LogP contribution in [-0.2, 0) is 22.2 Å². The molecule has 4 nitrogen and oxygen atoms in total. The second-order valence-corrected chi connectivity index (χ2v) is 6.61. The van der Waals surface area contributed by atoms with E-state index in [-0.39, 0.29) is 12.5 Å². The van der Waals surface area contributed by atoms with Crippen LogP contribution in [0.5, 0.6) is 0 Å². The summed E-state index contributed by atoms with van der Waals surface area (Å²) in [4.78, 5) is 12.6. The van der Waals surface area contributed by atoms with E-state index in [1.54, 1.807) is 19.1 Å². The number of hydrogen-bond acceptors (Lipinski definition) is 3. The first-order valence-corrected chi connectivity index (χ1v) is 7.91. The van der Waals surface area contributed by atoms with E-state index < -0.39 is 11.0 Å². The number of carbonyl (C=O) groups is 1. The number of furan rings is 1. The Bertz CT molecular complexity index is 640. The van der Waals surface area contributed by atoms with Crippen LogP contribution in [0, 0.1) is 0 Å². The fourth-order valence-electron chi connectivity index (χ4n) is 2.43. The molecule has 2 rings (SSSR count). The van der Waals surface area contributed by atoms with Crippen molar-refractivity contribution in [3.05, 3.63) is 59.5 Å². The Morgan fingerprint density at radius 2 is 1.83 bits per heavy atom. The van der Waals surface area contributed by atoms with Gasteiger partial charge in [0, 0.05) is 0 Å². The van der Waals surface area contributed by atoms with E-state index in [9.17, 15) is 9.90 Å². The summed E-state index contributed by atoms with van der Waals surface area (Å²) in [5.74, 6) is 0.302. The Balaban J connectivity index is 2.06. The molecule has 124 valence electrons. The van der Waals surface area contributed by atoms with Gasteiger partial charge < -0.3 is 14.8 Å². The van der Waals surface area contributed by atoms with Gasteiger partial charge in [-0.05, 0) is 50.5 Å². The van der Waals surface area contributed by atoms with Gasteiger partial charge >= 0.3 is 0 Å². The summed E-state index contributed by atoms with van der Waals surface area (Å²) in [6, 6.07) is 11.5. The Morgan fingerprint density at radius 3 is 2.35 bits per heavy atom. The topological polar surface area (TPSA) is 62.5 Å². The highest BCUT2D eigenvalue weighted by Gasteiger charge is 2.33. The molecule has 2 aromatic rings. The summed E-state index contributed by atoms with van der Waals surface area (Å²) >= 11 is 0. The van der Waals surface area contributed by atoms with Crippen LogP contribution in [0.4, 0.5) is 0 Å². The highest BCUT2D eigenvalue weighted by Crippen LogP contribution is 2.25. The Hall–Kier alpha value is -2.07. The average Bonchev–Trinajstić information content (AvgIpc) is 3.08. The van der Waals surface area contributed by atoms with Gasteiger partial charge in [-0.1, -0.05) is 31.2 Å². The number of carbonyl (C=O) groups excluding carboxylic acids is 1. The predicted octanol–water partition coefficient (Wildman–Crippen LogP) is 3.14. The van der Waals surface area contributed by atoms with Crippen LogP contribution in [0.2, 0.25) is 0 Å². The summed E-state index contributed by atoms with van der Waals surface area (Å²) in [6.45, 7) is 7.57. The molecule has 0 saturated carbocycles. The molecular formula is C19H25NO3. The average molecular weight is 315 g/mol. The summed E-state index contributed by atoms with van der Waals surface area (Å²) in [6.07, 6.45) is 2.48. The third-order valence-electron chi connectivity index (χ3n) is 4.30. The van der Waals surface area contributed by atoms with Crippen LogP contribution in [0.3, 0.4) is 0 Å². The summed E-state index contributed by atoms with van der Waals surface area (Å²) < 4.78 is 5.23. The molecule has 2 N–H and O–H groups in total. The lowest BCUT2D eigenvalue weighted by molar-refractivity contribution is -0.127. The van der Waals surface area contributed by atoms with Crippen molar-refractivity contribution in [1.29, 1.82) is 0 Å². The number of amides is 1. The molecule has 0 fully saturated rings. The number of benzene rings is 1. The second kappa shape index (κ2) is 6.59. The maximum atomic E-state index is 12.6. The molecule has 4 heteroatoms. The van der Waals surface area contributed by atoms with E-state index in [1.165, 1.54) is 11.8 Å². The lowest BCUT2D eigenvalue weighted by Gasteiger charge is -2.27. The zero-order valence-electron chi connectivity index (χ0n) is 14.2. The monoisotopic (exact) mass is 315 g/mol. The van der Waals surface area contributed by atoms with Gasteiger partial charge in [-0.15, -0.1) is 0 Å². The molecule has 0 saturated heterocycles. The van der Waals surface area contributed by atoms with E-state index in [0.717, 1.165) is 12.0 Å². The molecule has 0 aliphatic heterocycles. The van der Waals surface area contributed by atoms with E-state index in [4.69, 9.17) is 4.42 Å². The van der Waals surface area contributed by atoms with Gasteiger partial charge in [0.1, 0.15) is 11.4 Å². The standard InChI is InChI=1S/C19H25NO3/c1-5-14-8-10-15(11-9-14)18(2,3)17(21)20-13-19(4,22)16-7-6-12-23-16/h6-12,22H,5,13H2,1-4H3,(H,20,21). The maximum absolute atomic E-state index is 12.6. The molecule has 0 spiro atoms. The van der Waals surface area contributed by atoms with Crippen molar-refractivity contribution in [3.63, 3.8) is 0 Å². The van der Waals surface area contributed by atoms with Crippen molar-refractivity contribution in [2.24, 2.45) is 0 Å². The molecule has 1 aromatic heterocycles. The largest absolute Gasteiger partial charge is 0.466 e. The molecule has 0 bridgehead atoms. The van der Waals surface area contributed by atoms with Gasteiger partial charge in [0.2, 0.25) is 5.91 Å². The van der Waals surface area contributed by atoms with Crippen molar-refractivity contribution >= 4 is 5.91 Å². The molecule has 1 atom stereocenters. The lowest BCUT2D eigenvalue weighted by atomic mass is 9.83. The summed E-state index contributed by atoms with van der Waals surface area (Å²) in [7, 11) is 0. The molecule has 0 radical (unpaired) electrons. The molecule has 1 unspecified atom stereocenters. The van der Waals surface area contributed by atoms with Gasteiger partial charge in [0.05, 0.1) is 18.2 Å². The Kier molecular flexibility index (Phi) is 4.95. The maximum Gasteiger partial charge on any atom is 0.230 e. The van der Waals surface area contributed by atoms with Crippen molar-refractivity contribution in [1.82, 2.24) is 5.32 Å². The van der Waals surface area contributed by atoms with E-state index >= 15 is 0 Å². The molecule has 23 heavy (non-hydrogen) atoms. The van der Waals surface area contributed by atoms with Crippen LogP contribution in [0.15, 0.2) is 47.1 Å². The van der Waals surface area contributed by atoms with Crippen LogP contribution in [0.1, 0.15) is 44.6 Å². The molecule has 0 aliphatic rings. The van der Waals surface area contributed by atoms with Crippen LogP contribution < -0.4 is 5.32 Å². The SMILES string of the molecule is CCc1ccc(C(C)(C)C(=O)NCC(C)(O)c2ccco2)cc1. The van der Waals surface area contributed by atoms with Gasteiger partial charge in [-0.2, -0.15) is 0 Å². The smallest absolute Gasteiger partial charge is 0.230 e. The minimum Gasteiger partial charge on any atom is -0.466 e. The number of aryl methyl sites for hydroxylation is 1. The molecule has 1 aromatic carbocycles. The first-order chi connectivity index (χ1) is 10.8. The van der Waals surface area contributed by atoms with Gasteiger partial charge in [-0.25, -0.2) is 0 Å². The zero-order valence-corrected chi connectivity index (χ0v) is 14.2.